The molecule has 0 amide bonds. The van der Waals surface area contributed by atoms with Crippen LogP contribution >= 0.6 is 0 Å². The molecule has 2 heterocycles. The summed E-state index contributed by atoms with van der Waals surface area (Å²) >= 11 is 0. The van der Waals surface area contributed by atoms with Gasteiger partial charge in [-0.15, -0.1) is 0 Å². The van der Waals surface area contributed by atoms with Crippen LogP contribution < -0.4 is 4.84 Å². The van der Waals surface area contributed by atoms with Crippen molar-refractivity contribution in [3.05, 3.63) is 35.4 Å². The standard InChI is InChI=1S/C10H16N2O3.C8H12N2O2/c1-4-9-11-7(2)5-12(9)8(6-13)10(14)15-3;1-4-8-9-6(2)5-10(8)12-7(3)11/h5,8,13H,4,6H2,1-3H3;5H,4H2,1-3H3. The molecule has 0 aliphatic heterocycles. The fourth-order valence-electron chi connectivity index (χ4n) is 2.49. The number of carbonyl (C=O) groups is 2. The predicted molar refractivity (Wildman–Crippen MR) is 98.1 cm³/mol. The van der Waals surface area contributed by atoms with Crippen molar-refractivity contribution in [3.63, 3.8) is 0 Å². The van der Waals surface area contributed by atoms with Gasteiger partial charge in [-0.25, -0.2) is 19.6 Å². The molecular formula is C18H28N4O5. The summed E-state index contributed by atoms with van der Waals surface area (Å²) < 4.78 is 7.70. The number of imidazole rings is 2. The highest BCUT2D eigenvalue weighted by Crippen LogP contribution is 2.13. The van der Waals surface area contributed by atoms with Gasteiger partial charge >= 0.3 is 11.9 Å². The first kappa shape index (κ1) is 22.4. The summed E-state index contributed by atoms with van der Waals surface area (Å²) in [5.74, 6) is 0.756. The number of hydrogen-bond donors (Lipinski definition) is 1. The second kappa shape index (κ2) is 10.5. The van der Waals surface area contributed by atoms with Crippen LogP contribution in [0.15, 0.2) is 12.4 Å². The van der Waals surface area contributed by atoms with E-state index in [1.54, 1.807) is 17.0 Å². The van der Waals surface area contributed by atoms with Gasteiger partial charge in [0.05, 0.1) is 31.3 Å². The minimum absolute atomic E-state index is 0.282. The van der Waals surface area contributed by atoms with Gasteiger partial charge in [-0.3, -0.25) is 0 Å². The van der Waals surface area contributed by atoms with Crippen LogP contribution in [0.2, 0.25) is 0 Å². The van der Waals surface area contributed by atoms with Crippen molar-refractivity contribution in [3.8, 4) is 0 Å². The molecule has 2 rings (SSSR count). The highest BCUT2D eigenvalue weighted by atomic mass is 16.7. The van der Waals surface area contributed by atoms with Crippen LogP contribution in [0.25, 0.3) is 0 Å². The van der Waals surface area contributed by atoms with E-state index in [1.807, 2.05) is 27.7 Å². The Labute approximate surface area is 158 Å². The van der Waals surface area contributed by atoms with Crippen LogP contribution in [0.3, 0.4) is 0 Å². The number of rotatable bonds is 6. The second-order valence-electron chi connectivity index (χ2n) is 5.84. The molecule has 1 unspecified atom stereocenters. The number of aryl methyl sites for hydroxylation is 4. The minimum atomic E-state index is -0.689. The maximum Gasteiger partial charge on any atom is 0.331 e. The SMILES string of the molecule is CCc1nc(C)cn1C(CO)C(=O)OC.CCc1nc(C)cn1OC(C)=O. The molecule has 0 fully saturated rings. The van der Waals surface area contributed by atoms with Crippen LogP contribution in [0, 0.1) is 13.8 Å². The maximum absolute atomic E-state index is 11.4. The third-order valence-electron chi connectivity index (χ3n) is 3.63. The fourth-order valence-corrected chi connectivity index (χ4v) is 2.49. The molecule has 2 aromatic heterocycles. The number of methoxy groups -OCH3 is 1. The van der Waals surface area contributed by atoms with E-state index in [4.69, 9.17) is 9.94 Å². The van der Waals surface area contributed by atoms with Crippen molar-refractivity contribution in [2.75, 3.05) is 13.7 Å². The van der Waals surface area contributed by atoms with Crippen molar-refractivity contribution in [1.82, 2.24) is 19.3 Å². The summed E-state index contributed by atoms with van der Waals surface area (Å²) in [4.78, 5) is 35.3. The maximum atomic E-state index is 11.4. The summed E-state index contributed by atoms with van der Waals surface area (Å²) in [6.45, 7) is 8.70. The van der Waals surface area contributed by atoms with E-state index in [1.165, 1.54) is 18.8 Å². The molecule has 27 heavy (non-hydrogen) atoms. The Morgan fingerprint density at radius 1 is 1.11 bits per heavy atom. The van der Waals surface area contributed by atoms with Crippen LogP contribution in [0.5, 0.6) is 0 Å². The Balaban J connectivity index is 0.000000277. The van der Waals surface area contributed by atoms with Crippen molar-refractivity contribution in [2.45, 2.75) is 53.5 Å². The Morgan fingerprint density at radius 3 is 2.15 bits per heavy atom. The van der Waals surface area contributed by atoms with Gasteiger partial charge in [0, 0.05) is 26.0 Å². The number of aliphatic hydroxyl groups excluding tert-OH is 1. The zero-order valence-corrected chi connectivity index (χ0v) is 16.7. The molecule has 0 saturated heterocycles. The molecule has 0 radical (unpaired) electrons. The number of carbonyl (C=O) groups excluding carboxylic acids is 2. The fraction of sp³-hybridized carbons (Fsp3) is 0.556. The molecule has 0 spiro atoms. The predicted octanol–water partition coefficient (Wildman–Crippen LogP) is 1.19. The number of aromatic nitrogens is 4. The molecule has 1 atom stereocenters. The Hall–Kier alpha value is -2.68. The summed E-state index contributed by atoms with van der Waals surface area (Å²) in [5.41, 5.74) is 1.68. The number of ether oxygens (including phenoxy) is 1. The average molecular weight is 380 g/mol. The van der Waals surface area contributed by atoms with Crippen LogP contribution in [-0.2, 0) is 27.2 Å². The lowest BCUT2D eigenvalue weighted by molar-refractivity contribution is -0.146. The third-order valence-corrected chi connectivity index (χ3v) is 3.63. The highest BCUT2D eigenvalue weighted by molar-refractivity contribution is 5.74. The molecule has 2 aromatic rings. The number of hydrogen-bond acceptors (Lipinski definition) is 7. The average Bonchev–Trinajstić information content (AvgIpc) is 3.17. The first-order chi connectivity index (χ1) is 12.8. The lowest BCUT2D eigenvalue weighted by atomic mass is 10.3. The Kier molecular flexibility index (Phi) is 8.67. The van der Waals surface area contributed by atoms with E-state index in [2.05, 4.69) is 14.7 Å². The molecule has 0 bridgehead atoms. The van der Waals surface area contributed by atoms with Crippen molar-refractivity contribution >= 4 is 11.9 Å². The van der Waals surface area contributed by atoms with E-state index in [0.29, 0.717) is 6.42 Å². The Bertz CT molecular complexity index is 766. The van der Waals surface area contributed by atoms with Crippen LogP contribution in [-0.4, -0.2) is 50.0 Å². The lowest BCUT2D eigenvalue weighted by Crippen LogP contribution is -2.25. The van der Waals surface area contributed by atoms with Crippen LogP contribution in [0.1, 0.15) is 49.8 Å². The van der Waals surface area contributed by atoms with Crippen molar-refractivity contribution in [1.29, 1.82) is 0 Å². The zero-order valence-electron chi connectivity index (χ0n) is 16.7. The van der Waals surface area contributed by atoms with Gasteiger partial charge in [-0.05, 0) is 13.8 Å². The van der Waals surface area contributed by atoms with Gasteiger partial charge in [0.15, 0.2) is 6.04 Å². The van der Waals surface area contributed by atoms with E-state index in [9.17, 15) is 9.59 Å². The summed E-state index contributed by atoms with van der Waals surface area (Å²) in [6, 6.07) is -0.689. The van der Waals surface area contributed by atoms with Gasteiger partial charge in [-0.1, -0.05) is 13.8 Å². The molecule has 150 valence electrons. The molecular weight excluding hydrogens is 352 g/mol. The molecule has 0 saturated carbocycles. The first-order valence-electron chi connectivity index (χ1n) is 8.74. The van der Waals surface area contributed by atoms with E-state index in [-0.39, 0.29) is 12.6 Å². The van der Waals surface area contributed by atoms with Crippen molar-refractivity contribution < 1.29 is 24.3 Å². The molecule has 9 heteroatoms. The second-order valence-corrected chi connectivity index (χ2v) is 5.84. The summed E-state index contributed by atoms with van der Waals surface area (Å²) in [7, 11) is 1.31. The van der Waals surface area contributed by atoms with Crippen LogP contribution in [0.4, 0.5) is 0 Å². The first-order valence-corrected chi connectivity index (χ1v) is 8.74. The number of aliphatic hydroxyl groups is 1. The summed E-state index contributed by atoms with van der Waals surface area (Å²) in [5, 5.41) is 9.16. The Morgan fingerprint density at radius 2 is 1.67 bits per heavy atom. The topological polar surface area (TPSA) is 108 Å². The highest BCUT2D eigenvalue weighted by Gasteiger charge is 2.22. The van der Waals surface area contributed by atoms with Crippen molar-refractivity contribution in [2.24, 2.45) is 0 Å². The molecule has 0 aliphatic rings. The third kappa shape index (κ3) is 6.21. The molecule has 0 aromatic carbocycles. The molecule has 9 nitrogen and oxygen atoms in total. The summed E-state index contributed by atoms with van der Waals surface area (Å²) in [6.07, 6.45) is 4.90. The van der Waals surface area contributed by atoms with Gasteiger partial charge in [-0.2, -0.15) is 4.73 Å². The smallest absolute Gasteiger partial charge is 0.331 e. The monoisotopic (exact) mass is 380 g/mol. The minimum Gasteiger partial charge on any atom is -0.467 e. The lowest BCUT2D eigenvalue weighted by Gasteiger charge is -2.15. The number of nitrogens with zero attached hydrogens (tertiary/aromatic N) is 4. The molecule has 0 aliphatic carbocycles. The zero-order chi connectivity index (χ0) is 20.6. The van der Waals surface area contributed by atoms with E-state index < -0.39 is 12.0 Å². The van der Waals surface area contributed by atoms with E-state index >= 15 is 0 Å². The van der Waals surface area contributed by atoms with Gasteiger partial charge < -0.3 is 19.2 Å². The van der Waals surface area contributed by atoms with Gasteiger partial charge in [0.25, 0.3) is 0 Å². The van der Waals surface area contributed by atoms with Gasteiger partial charge in [0.2, 0.25) is 0 Å². The molecule has 1 N–H and O–H groups in total. The largest absolute Gasteiger partial charge is 0.467 e. The van der Waals surface area contributed by atoms with E-state index in [0.717, 1.165) is 29.5 Å². The quantitative estimate of drug-likeness (QED) is 0.750. The normalized spacial score (nSPS) is 11.4. The number of esters is 1. The van der Waals surface area contributed by atoms with Gasteiger partial charge in [0.1, 0.15) is 11.6 Å².